The Bertz CT molecular complexity index is 769. The van der Waals surface area contributed by atoms with E-state index in [1.165, 1.54) is 5.56 Å². The van der Waals surface area contributed by atoms with Gasteiger partial charge in [0, 0.05) is 24.3 Å². The molecule has 0 saturated heterocycles. The van der Waals surface area contributed by atoms with Gasteiger partial charge in [-0.25, -0.2) is 4.79 Å². The van der Waals surface area contributed by atoms with Gasteiger partial charge in [-0.2, -0.15) is 0 Å². The van der Waals surface area contributed by atoms with E-state index < -0.39 is 0 Å². The van der Waals surface area contributed by atoms with E-state index in [1.807, 2.05) is 17.9 Å². The standard InChI is InChI=1S/C22H29N3O2/c1-15(2)18-7-5-17(6-8-18)14-25(19-9-10-19)22(26)24-16(3)20-11-12-23-13-21(20)27-4/h5-8,11-13,15-16,19H,9-10,14H2,1-4H3,(H,24,26). The van der Waals surface area contributed by atoms with Crippen LogP contribution in [0.1, 0.15) is 62.3 Å². The number of carbonyl (C=O) groups is 1. The number of ether oxygens (including phenoxy) is 1. The first-order chi connectivity index (χ1) is 13.0. The minimum absolute atomic E-state index is 0.0307. The summed E-state index contributed by atoms with van der Waals surface area (Å²) in [6.45, 7) is 6.98. The summed E-state index contributed by atoms with van der Waals surface area (Å²) >= 11 is 0. The highest BCUT2D eigenvalue weighted by Gasteiger charge is 2.33. The molecule has 1 aromatic heterocycles. The van der Waals surface area contributed by atoms with Gasteiger partial charge in [0.25, 0.3) is 0 Å². The Morgan fingerprint density at radius 1 is 1.22 bits per heavy atom. The number of hydrogen-bond donors (Lipinski definition) is 1. The van der Waals surface area contributed by atoms with E-state index in [4.69, 9.17) is 4.74 Å². The van der Waals surface area contributed by atoms with E-state index in [2.05, 4.69) is 48.4 Å². The molecule has 0 bridgehead atoms. The van der Waals surface area contributed by atoms with Crippen LogP contribution in [0, 0.1) is 0 Å². The molecule has 0 radical (unpaired) electrons. The Hall–Kier alpha value is -2.56. The van der Waals surface area contributed by atoms with E-state index in [0.29, 0.717) is 24.3 Å². The van der Waals surface area contributed by atoms with Gasteiger partial charge in [-0.1, -0.05) is 38.1 Å². The molecule has 1 saturated carbocycles. The molecule has 1 aliphatic carbocycles. The number of benzene rings is 1. The summed E-state index contributed by atoms with van der Waals surface area (Å²) in [7, 11) is 1.62. The zero-order valence-corrected chi connectivity index (χ0v) is 16.6. The first-order valence-electron chi connectivity index (χ1n) is 9.63. The van der Waals surface area contributed by atoms with Gasteiger partial charge in [-0.3, -0.25) is 4.98 Å². The summed E-state index contributed by atoms with van der Waals surface area (Å²) < 4.78 is 5.37. The molecule has 5 nitrogen and oxygen atoms in total. The maximum absolute atomic E-state index is 12.9. The molecule has 1 aliphatic rings. The van der Waals surface area contributed by atoms with Crippen molar-refractivity contribution < 1.29 is 9.53 Å². The molecule has 0 aliphatic heterocycles. The largest absolute Gasteiger partial charge is 0.495 e. The highest BCUT2D eigenvalue weighted by atomic mass is 16.5. The van der Waals surface area contributed by atoms with Crippen LogP contribution in [0.2, 0.25) is 0 Å². The minimum atomic E-state index is -0.153. The second-order valence-electron chi connectivity index (χ2n) is 7.54. The molecule has 1 aromatic carbocycles. The lowest BCUT2D eigenvalue weighted by molar-refractivity contribution is 0.188. The third-order valence-corrected chi connectivity index (χ3v) is 5.09. The van der Waals surface area contributed by atoms with Crippen molar-refractivity contribution in [3.63, 3.8) is 0 Å². The first-order valence-corrected chi connectivity index (χ1v) is 9.63. The quantitative estimate of drug-likeness (QED) is 0.775. The first kappa shape index (κ1) is 19.2. The van der Waals surface area contributed by atoms with Crippen LogP contribution in [-0.2, 0) is 6.54 Å². The van der Waals surface area contributed by atoms with Gasteiger partial charge in [-0.05, 0) is 42.9 Å². The number of amides is 2. The number of hydrogen-bond acceptors (Lipinski definition) is 3. The normalized spacial score (nSPS) is 14.7. The number of pyridine rings is 1. The number of aromatic nitrogens is 1. The van der Waals surface area contributed by atoms with Crippen LogP contribution in [0.3, 0.4) is 0 Å². The molecule has 1 unspecified atom stereocenters. The fraction of sp³-hybridized carbons (Fsp3) is 0.455. The van der Waals surface area contributed by atoms with Crippen LogP contribution >= 0.6 is 0 Å². The van der Waals surface area contributed by atoms with Gasteiger partial charge in [-0.15, -0.1) is 0 Å². The molecule has 1 atom stereocenters. The molecule has 5 heteroatoms. The van der Waals surface area contributed by atoms with Crippen LogP contribution in [0.15, 0.2) is 42.7 Å². The van der Waals surface area contributed by atoms with Gasteiger partial charge < -0.3 is 15.0 Å². The number of urea groups is 1. The van der Waals surface area contributed by atoms with Gasteiger partial charge in [0.05, 0.1) is 19.3 Å². The number of rotatable bonds is 7. The zero-order chi connectivity index (χ0) is 19.4. The van der Waals surface area contributed by atoms with Crippen molar-refractivity contribution in [2.75, 3.05) is 7.11 Å². The molecule has 3 rings (SSSR count). The highest BCUT2D eigenvalue weighted by Crippen LogP contribution is 2.30. The smallest absolute Gasteiger partial charge is 0.318 e. The summed E-state index contributed by atoms with van der Waals surface area (Å²) in [6, 6.07) is 10.6. The van der Waals surface area contributed by atoms with Gasteiger partial charge in [0.2, 0.25) is 0 Å². The Morgan fingerprint density at radius 3 is 2.52 bits per heavy atom. The summed E-state index contributed by atoms with van der Waals surface area (Å²) in [4.78, 5) is 19.0. The summed E-state index contributed by atoms with van der Waals surface area (Å²) in [6.07, 6.45) is 5.54. The zero-order valence-electron chi connectivity index (χ0n) is 16.6. The number of carbonyl (C=O) groups excluding carboxylic acids is 1. The molecular formula is C22H29N3O2. The van der Waals surface area contributed by atoms with Gasteiger partial charge >= 0.3 is 6.03 Å². The third kappa shape index (κ3) is 4.79. The van der Waals surface area contributed by atoms with Crippen molar-refractivity contribution in [2.45, 2.75) is 58.2 Å². The summed E-state index contributed by atoms with van der Waals surface area (Å²) in [5.74, 6) is 1.20. The van der Waals surface area contributed by atoms with E-state index >= 15 is 0 Å². The molecular weight excluding hydrogens is 338 g/mol. The maximum atomic E-state index is 12.9. The average molecular weight is 367 g/mol. The molecule has 1 fully saturated rings. The topological polar surface area (TPSA) is 54.5 Å². The van der Waals surface area contributed by atoms with Crippen LogP contribution in [0.25, 0.3) is 0 Å². The highest BCUT2D eigenvalue weighted by molar-refractivity contribution is 5.75. The van der Waals surface area contributed by atoms with Crippen LogP contribution in [0.4, 0.5) is 4.79 Å². The molecule has 1 N–H and O–H groups in total. The monoisotopic (exact) mass is 367 g/mol. The number of nitrogens with one attached hydrogen (secondary N) is 1. The number of methoxy groups -OCH3 is 1. The molecule has 1 heterocycles. The Balaban J connectivity index is 1.68. The SMILES string of the molecule is COc1cnccc1C(C)NC(=O)N(Cc1ccc(C(C)C)cc1)C1CC1. The molecule has 27 heavy (non-hydrogen) atoms. The van der Waals surface area contributed by atoms with E-state index in [-0.39, 0.29) is 12.1 Å². The maximum Gasteiger partial charge on any atom is 0.318 e. The fourth-order valence-corrected chi connectivity index (χ4v) is 3.22. The Kier molecular flexibility index (Phi) is 5.99. The van der Waals surface area contributed by atoms with Crippen molar-refractivity contribution in [3.05, 3.63) is 59.4 Å². The summed E-state index contributed by atoms with van der Waals surface area (Å²) in [5, 5.41) is 3.12. The third-order valence-electron chi connectivity index (χ3n) is 5.09. The van der Waals surface area contributed by atoms with Crippen molar-refractivity contribution in [1.82, 2.24) is 15.2 Å². The van der Waals surface area contributed by atoms with Gasteiger partial charge in [0.15, 0.2) is 0 Å². The molecule has 0 spiro atoms. The minimum Gasteiger partial charge on any atom is -0.495 e. The molecule has 144 valence electrons. The van der Waals surface area contributed by atoms with Crippen LogP contribution in [-0.4, -0.2) is 29.1 Å². The second kappa shape index (κ2) is 8.42. The van der Waals surface area contributed by atoms with E-state index in [0.717, 1.165) is 24.0 Å². The van der Waals surface area contributed by atoms with Crippen molar-refractivity contribution in [2.24, 2.45) is 0 Å². The van der Waals surface area contributed by atoms with Crippen molar-refractivity contribution in [3.8, 4) is 5.75 Å². The lowest BCUT2D eigenvalue weighted by Gasteiger charge is -2.26. The van der Waals surface area contributed by atoms with Crippen LogP contribution in [0.5, 0.6) is 5.75 Å². The predicted molar refractivity (Wildman–Crippen MR) is 107 cm³/mol. The lowest BCUT2D eigenvalue weighted by Crippen LogP contribution is -2.42. The van der Waals surface area contributed by atoms with E-state index in [1.54, 1.807) is 19.5 Å². The second-order valence-corrected chi connectivity index (χ2v) is 7.54. The fourth-order valence-electron chi connectivity index (χ4n) is 3.22. The molecule has 2 aromatic rings. The predicted octanol–water partition coefficient (Wildman–Crippen LogP) is 4.65. The van der Waals surface area contributed by atoms with Gasteiger partial charge in [0.1, 0.15) is 5.75 Å². The summed E-state index contributed by atoms with van der Waals surface area (Å²) in [5.41, 5.74) is 3.41. The molecule has 2 amide bonds. The van der Waals surface area contributed by atoms with Crippen molar-refractivity contribution >= 4 is 6.03 Å². The Labute approximate surface area is 161 Å². The van der Waals surface area contributed by atoms with E-state index in [9.17, 15) is 4.79 Å². The van der Waals surface area contributed by atoms with Crippen molar-refractivity contribution in [1.29, 1.82) is 0 Å². The Morgan fingerprint density at radius 2 is 1.93 bits per heavy atom. The number of nitrogens with zero attached hydrogens (tertiary/aromatic N) is 2. The lowest BCUT2D eigenvalue weighted by atomic mass is 10.0. The van der Waals surface area contributed by atoms with Crippen LogP contribution < -0.4 is 10.1 Å². The average Bonchev–Trinajstić information content (AvgIpc) is 3.51.